The predicted octanol–water partition coefficient (Wildman–Crippen LogP) is 3.57. The summed E-state index contributed by atoms with van der Waals surface area (Å²) in [5.41, 5.74) is 1.09. The summed E-state index contributed by atoms with van der Waals surface area (Å²) >= 11 is 0. The number of ether oxygens (including phenoxy) is 1. The molecule has 1 aromatic heterocycles. The monoisotopic (exact) mass is 305 g/mol. The second-order valence-electron chi connectivity index (χ2n) is 6.58. The summed E-state index contributed by atoms with van der Waals surface area (Å²) in [6.45, 7) is 6.62. The minimum Gasteiger partial charge on any atom is -0.456 e. The van der Waals surface area contributed by atoms with E-state index in [0.717, 1.165) is 63.2 Å². The minimum absolute atomic E-state index is 0.0824. The Labute approximate surface area is 132 Å². The zero-order valence-electron chi connectivity index (χ0n) is 13.8. The molecule has 0 aromatic carbocycles. The molecular formula is C18H27NO3. The van der Waals surface area contributed by atoms with Crippen LogP contribution in [0.5, 0.6) is 0 Å². The topological polar surface area (TPSA) is 42.7 Å². The number of hydrogen-bond acceptors (Lipinski definition) is 3. The van der Waals surface area contributed by atoms with E-state index in [1.807, 2.05) is 13.0 Å². The second kappa shape index (κ2) is 6.86. The quantitative estimate of drug-likeness (QED) is 0.857. The van der Waals surface area contributed by atoms with Crippen molar-refractivity contribution in [2.75, 3.05) is 19.8 Å². The Kier molecular flexibility index (Phi) is 4.87. The summed E-state index contributed by atoms with van der Waals surface area (Å²) < 4.78 is 11.3. The van der Waals surface area contributed by atoms with Crippen LogP contribution >= 0.6 is 0 Å². The van der Waals surface area contributed by atoms with E-state index in [0.29, 0.717) is 17.7 Å². The van der Waals surface area contributed by atoms with Crippen LogP contribution in [0.15, 0.2) is 10.5 Å². The molecule has 1 atom stereocenters. The first-order valence-corrected chi connectivity index (χ1v) is 8.68. The van der Waals surface area contributed by atoms with Gasteiger partial charge in [0, 0.05) is 32.2 Å². The van der Waals surface area contributed by atoms with E-state index in [1.54, 1.807) is 0 Å². The van der Waals surface area contributed by atoms with E-state index in [2.05, 4.69) is 11.8 Å². The number of carbonyl (C=O) groups is 1. The van der Waals surface area contributed by atoms with Gasteiger partial charge in [-0.1, -0.05) is 6.92 Å². The molecule has 22 heavy (non-hydrogen) atoms. The van der Waals surface area contributed by atoms with Crippen LogP contribution < -0.4 is 0 Å². The van der Waals surface area contributed by atoms with Crippen LogP contribution in [0.3, 0.4) is 0 Å². The van der Waals surface area contributed by atoms with Crippen molar-refractivity contribution in [3.63, 3.8) is 0 Å². The van der Waals surface area contributed by atoms with E-state index in [1.165, 1.54) is 6.42 Å². The third kappa shape index (κ3) is 3.07. The lowest BCUT2D eigenvalue weighted by Crippen LogP contribution is -2.48. The summed E-state index contributed by atoms with van der Waals surface area (Å²) in [5.74, 6) is 2.12. The summed E-state index contributed by atoms with van der Waals surface area (Å²) in [6, 6.07) is 2.28. The van der Waals surface area contributed by atoms with Gasteiger partial charge < -0.3 is 14.1 Å². The van der Waals surface area contributed by atoms with Gasteiger partial charge in [0.2, 0.25) is 0 Å². The minimum atomic E-state index is 0.0824. The Balaban J connectivity index is 1.78. The van der Waals surface area contributed by atoms with E-state index >= 15 is 0 Å². The number of amides is 1. The van der Waals surface area contributed by atoms with Crippen molar-refractivity contribution in [2.45, 2.75) is 58.4 Å². The molecule has 122 valence electrons. The van der Waals surface area contributed by atoms with Gasteiger partial charge in [0.25, 0.3) is 5.91 Å². The highest BCUT2D eigenvalue weighted by molar-refractivity contribution is 5.92. The lowest BCUT2D eigenvalue weighted by molar-refractivity contribution is 0.0116. The molecule has 2 fully saturated rings. The summed E-state index contributed by atoms with van der Waals surface area (Å²) in [4.78, 5) is 15.0. The van der Waals surface area contributed by atoms with E-state index < -0.39 is 0 Å². The molecule has 4 heteroatoms. The molecule has 0 N–H and O–H groups in total. The molecule has 2 aliphatic heterocycles. The van der Waals surface area contributed by atoms with Gasteiger partial charge in [0.1, 0.15) is 5.76 Å². The molecule has 1 aromatic rings. The standard InChI is InChI=1S/C18H27NO3/c1-3-16-13(2)12-17(22-16)18(20)19-9-5-4-6-15(19)14-7-10-21-11-8-14/h12,14-15H,3-11H2,1-2H3. The maximum Gasteiger partial charge on any atom is 0.289 e. The fourth-order valence-corrected chi connectivity index (χ4v) is 3.92. The maximum atomic E-state index is 12.9. The normalized spacial score (nSPS) is 23.7. The molecule has 0 aliphatic carbocycles. The van der Waals surface area contributed by atoms with Crippen molar-refractivity contribution in [2.24, 2.45) is 5.92 Å². The van der Waals surface area contributed by atoms with Gasteiger partial charge in [0.05, 0.1) is 0 Å². The lowest BCUT2D eigenvalue weighted by Gasteiger charge is -2.41. The second-order valence-corrected chi connectivity index (χ2v) is 6.58. The molecule has 4 nitrogen and oxygen atoms in total. The van der Waals surface area contributed by atoms with Gasteiger partial charge in [-0.25, -0.2) is 0 Å². The van der Waals surface area contributed by atoms with Gasteiger partial charge in [-0.15, -0.1) is 0 Å². The predicted molar refractivity (Wildman–Crippen MR) is 85.0 cm³/mol. The molecule has 3 rings (SSSR count). The van der Waals surface area contributed by atoms with E-state index in [4.69, 9.17) is 9.15 Å². The number of likely N-dealkylation sites (tertiary alicyclic amines) is 1. The molecule has 0 radical (unpaired) electrons. The molecule has 1 amide bonds. The zero-order chi connectivity index (χ0) is 15.5. The average Bonchev–Trinajstić information content (AvgIpc) is 2.96. The largest absolute Gasteiger partial charge is 0.456 e. The highest BCUT2D eigenvalue weighted by Crippen LogP contribution is 2.31. The Hall–Kier alpha value is -1.29. The first-order chi connectivity index (χ1) is 10.7. The Morgan fingerprint density at radius 1 is 1.27 bits per heavy atom. The Bertz CT molecular complexity index is 516. The van der Waals surface area contributed by atoms with Crippen LogP contribution in [-0.2, 0) is 11.2 Å². The van der Waals surface area contributed by atoms with Crippen LogP contribution in [0.4, 0.5) is 0 Å². The van der Waals surface area contributed by atoms with Crippen LogP contribution in [0.2, 0.25) is 0 Å². The molecule has 2 saturated heterocycles. The molecule has 0 saturated carbocycles. The van der Waals surface area contributed by atoms with Crippen molar-refractivity contribution in [3.8, 4) is 0 Å². The fourth-order valence-electron chi connectivity index (χ4n) is 3.92. The fraction of sp³-hybridized carbons (Fsp3) is 0.722. The van der Waals surface area contributed by atoms with Crippen LogP contribution in [0.25, 0.3) is 0 Å². The van der Waals surface area contributed by atoms with Gasteiger partial charge in [-0.3, -0.25) is 4.79 Å². The number of furan rings is 1. The van der Waals surface area contributed by atoms with Crippen LogP contribution in [-0.4, -0.2) is 36.6 Å². The van der Waals surface area contributed by atoms with Crippen molar-refractivity contribution in [3.05, 3.63) is 23.2 Å². The summed E-state index contributed by atoms with van der Waals surface area (Å²) in [6.07, 6.45) is 6.44. The molecule has 3 heterocycles. The van der Waals surface area contributed by atoms with Gasteiger partial charge in [-0.2, -0.15) is 0 Å². The van der Waals surface area contributed by atoms with Gasteiger partial charge >= 0.3 is 0 Å². The Morgan fingerprint density at radius 2 is 2.05 bits per heavy atom. The molecule has 0 bridgehead atoms. The Morgan fingerprint density at radius 3 is 2.73 bits per heavy atom. The average molecular weight is 305 g/mol. The molecular weight excluding hydrogens is 278 g/mol. The first kappa shape index (κ1) is 15.6. The lowest BCUT2D eigenvalue weighted by atomic mass is 9.85. The summed E-state index contributed by atoms with van der Waals surface area (Å²) in [5, 5.41) is 0. The first-order valence-electron chi connectivity index (χ1n) is 8.68. The van der Waals surface area contributed by atoms with Crippen LogP contribution in [0.1, 0.15) is 60.9 Å². The maximum absolute atomic E-state index is 12.9. The zero-order valence-corrected chi connectivity index (χ0v) is 13.8. The molecule has 1 unspecified atom stereocenters. The van der Waals surface area contributed by atoms with Crippen molar-refractivity contribution < 1.29 is 13.9 Å². The van der Waals surface area contributed by atoms with E-state index in [9.17, 15) is 4.79 Å². The van der Waals surface area contributed by atoms with Gasteiger partial charge in [0.15, 0.2) is 5.76 Å². The number of hydrogen-bond donors (Lipinski definition) is 0. The highest BCUT2D eigenvalue weighted by atomic mass is 16.5. The number of nitrogens with zero attached hydrogens (tertiary/aromatic N) is 1. The van der Waals surface area contributed by atoms with Crippen LogP contribution in [0, 0.1) is 12.8 Å². The van der Waals surface area contributed by atoms with Gasteiger partial charge in [-0.05, 0) is 56.6 Å². The number of rotatable bonds is 3. The smallest absolute Gasteiger partial charge is 0.289 e. The molecule has 2 aliphatic rings. The van der Waals surface area contributed by atoms with Crippen molar-refractivity contribution >= 4 is 5.91 Å². The number of aryl methyl sites for hydroxylation is 2. The number of carbonyl (C=O) groups excluding carboxylic acids is 1. The summed E-state index contributed by atoms with van der Waals surface area (Å²) in [7, 11) is 0. The van der Waals surface area contributed by atoms with Crippen molar-refractivity contribution in [1.29, 1.82) is 0 Å². The van der Waals surface area contributed by atoms with E-state index in [-0.39, 0.29) is 5.91 Å². The van der Waals surface area contributed by atoms with Crippen molar-refractivity contribution in [1.82, 2.24) is 4.90 Å². The SMILES string of the molecule is CCc1oc(C(=O)N2CCCCC2C2CCOCC2)cc1C. The third-order valence-electron chi connectivity index (χ3n) is 5.17. The third-order valence-corrected chi connectivity index (χ3v) is 5.17. The number of piperidine rings is 1. The molecule has 0 spiro atoms. The highest BCUT2D eigenvalue weighted by Gasteiger charge is 2.35.